The molecule has 1 aromatic heterocycles. The third-order valence-electron chi connectivity index (χ3n) is 3.63. The van der Waals surface area contributed by atoms with Crippen molar-refractivity contribution >= 4 is 11.3 Å². The molecule has 0 unspecified atom stereocenters. The van der Waals surface area contributed by atoms with Crippen LogP contribution in [-0.4, -0.2) is 4.57 Å². The first-order chi connectivity index (χ1) is 10.1. The van der Waals surface area contributed by atoms with Crippen LogP contribution in [-0.2, 0) is 6.54 Å². The van der Waals surface area contributed by atoms with Crippen molar-refractivity contribution < 1.29 is 0 Å². The van der Waals surface area contributed by atoms with Gasteiger partial charge in [-0.1, -0.05) is 65.4 Å². The van der Waals surface area contributed by atoms with E-state index in [0.717, 1.165) is 16.8 Å². The molecule has 3 rings (SSSR count). The van der Waals surface area contributed by atoms with Gasteiger partial charge in [-0.2, -0.15) is 0 Å². The summed E-state index contributed by atoms with van der Waals surface area (Å²) in [7, 11) is 0. The summed E-state index contributed by atoms with van der Waals surface area (Å²) in [6, 6.07) is 16.5. The van der Waals surface area contributed by atoms with Crippen LogP contribution in [0.4, 0.5) is 0 Å². The molecular weight excluding hydrogens is 278 g/mol. The molecule has 3 aromatic rings. The molecule has 0 saturated carbocycles. The third-order valence-corrected chi connectivity index (χ3v) is 4.39. The molecule has 0 atom stereocenters. The van der Waals surface area contributed by atoms with Crippen LogP contribution in [0, 0.1) is 13.8 Å². The van der Waals surface area contributed by atoms with E-state index in [1.54, 1.807) is 0 Å². The second kappa shape index (κ2) is 5.70. The summed E-state index contributed by atoms with van der Waals surface area (Å²) < 4.78 is 1.86. The van der Waals surface area contributed by atoms with E-state index in [1.165, 1.54) is 22.5 Å². The maximum absolute atomic E-state index is 12.2. The van der Waals surface area contributed by atoms with Crippen molar-refractivity contribution in [3.8, 4) is 11.3 Å². The van der Waals surface area contributed by atoms with E-state index in [4.69, 9.17) is 0 Å². The van der Waals surface area contributed by atoms with Crippen molar-refractivity contribution in [1.82, 2.24) is 4.57 Å². The average molecular weight is 295 g/mol. The monoisotopic (exact) mass is 295 g/mol. The number of aromatic nitrogens is 1. The van der Waals surface area contributed by atoms with Crippen LogP contribution in [0.5, 0.6) is 0 Å². The minimum atomic E-state index is 0.0924. The Hall–Kier alpha value is -2.13. The van der Waals surface area contributed by atoms with Gasteiger partial charge in [0.2, 0.25) is 0 Å². The Kier molecular flexibility index (Phi) is 3.76. The molecule has 0 bridgehead atoms. The molecule has 3 heteroatoms. The number of nitrogens with zero attached hydrogens (tertiary/aromatic N) is 1. The van der Waals surface area contributed by atoms with Gasteiger partial charge in [-0.25, -0.2) is 0 Å². The van der Waals surface area contributed by atoms with Crippen molar-refractivity contribution in [3.63, 3.8) is 0 Å². The molecule has 0 aliphatic heterocycles. The van der Waals surface area contributed by atoms with Crippen LogP contribution in [0.25, 0.3) is 11.3 Å². The second-order valence-electron chi connectivity index (χ2n) is 5.28. The number of hydrogen-bond acceptors (Lipinski definition) is 2. The summed E-state index contributed by atoms with van der Waals surface area (Å²) in [5.74, 6) is 0. The fraction of sp³-hybridized carbons (Fsp3) is 0.167. The molecule has 1 heterocycles. The smallest absolute Gasteiger partial charge is 0.294 e. The quantitative estimate of drug-likeness (QED) is 0.708. The summed E-state index contributed by atoms with van der Waals surface area (Å²) in [6.45, 7) is 4.77. The third kappa shape index (κ3) is 2.83. The van der Waals surface area contributed by atoms with Crippen LogP contribution >= 0.6 is 11.3 Å². The van der Waals surface area contributed by atoms with Gasteiger partial charge in [0, 0.05) is 10.9 Å². The highest BCUT2D eigenvalue weighted by Gasteiger charge is 2.11. The van der Waals surface area contributed by atoms with Crippen LogP contribution in [0.2, 0.25) is 0 Å². The average Bonchev–Trinajstić information content (AvgIpc) is 2.81. The van der Waals surface area contributed by atoms with Gasteiger partial charge in [0.1, 0.15) is 0 Å². The first-order valence-electron chi connectivity index (χ1n) is 6.95. The van der Waals surface area contributed by atoms with E-state index in [9.17, 15) is 4.79 Å². The zero-order valence-electron chi connectivity index (χ0n) is 12.2. The summed E-state index contributed by atoms with van der Waals surface area (Å²) >= 11 is 1.27. The van der Waals surface area contributed by atoms with Gasteiger partial charge in [-0.3, -0.25) is 9.36 Å². The van der Waals surface area contributed by atoms with Gasteiger partial charge >= 0.3 is 4.87 Å². The fourth-order valence-electron chi connectivity index (χ4n) is 2.54. The van der Waals surface area contributed by atoms with Gasteiger partial charge in [0.25, 0.3) is 0 Å². The van der Waals surface area contributed by atoms with Crippen molar-refractivity contribution in [2.24, 2.45) is 0 Å². The number of rotatable bonds is 3. The zero-order chi connectivity index (χ0) is 14.8. The van der Waals surface area contributed by atoms with Gasteiger partial charge in [-0.15, -0.1) is 0 Å². The van der Waals surface area contributed by atoms with Gasteiger partial charge < -0.3 is 0 Å². The molecule has 0 amide bonds. The Balaban J connectivity index is 2.06. The minimum absolute atomic E-state index is 0.0924. The molecule has 21 heavy (non-hydrogen) atoms. The molecule has 106 valence electrons. The topological polar surface area (TPSA) is 22.0 Å². The SMILES string of the molecule is Cc1cccc(Cn2c(-c3ccccc3C)csc2=O)c1. The molecule has 0 aliphatic rings. The van der Waals surface area contributed by atoms with Crippen LogP contribution in [0.1, 0.15) is 16.7 Å². The maximum Gasteiger partial charge on any atom is 0.307 e. The molecule has 0 fully saturated rings. The summed E-state index contributed by atoms with van der Waals surface area (Å²) in [6.07, 6.45) is 0. The van der Waals surface area contributed by atoms with E-state index in [2.05, 4.69) is 44.2 Å². The van der Waals surface area contributed by atoms with E-state index < -0.39 is 0 Å². The molecule has 0 radical (unpaired) electrons. The fourth-order valence-corrected chi connectivity index (χ4v) is 3.30. The summed E-state index contributed by atoms with van der Waals surface area (Å²) in [4.78, 5) is 12.3. The lowest BCUT2D eigenvalue weighted by molar-refractivity contribution is 0.791. The lowest BCUT2D eigenvalue weighted by atomic mass is 10.1. The van der Waals surface area contributed by atoms with Gasteiger partial charge in [0.15, 0.2) is 0 Å². The van der Waals surface area contributed by atoms with Crippen molar-refractivity contribution in [3.05, 3.63) is 80.3 Å². The van der Waals surface area contributed by atoms with Crippen molar-refractivity contribution in [2.45, 2.75) is 20.4 Å². The van der Waals surface area contributed by atoms with E-state index >= 15 is 0 Å². The van der Waals surface area contributed by atoms with Crippen molar-refractivity contribution in [2.75, 3.05) is 0 Å². The van der Waals surface area contributed by atoms with Gasteiger partial charge in [-0.05, 0) is 25.0 Å². The van der Waals surface area contributed by atoms with Crippen molar-refractivity contribution in [1.29, 1.82) is 0 Å². The Morgan fingerprint density at radius 1 is 1.05 bits per heavy atom. The van der Waals surface area contributed by atoms with E-state index in [-0.39, 0.29) is 4.87 Å². The first kappa shape index (κ1) is 13.8. The van der Waals surface area contributed by atoms with E-state index in [0.29, 0.717) is 6.54 Å². The maximum atomic E-state index is 12.2. The molecule has 0 N–H and O–H groups in total. The summed E-state index contributed by atoms with van der Waals surface area (Å²) in [5.41, 5.74) is 5.69. The Labute approximate surface area is 128 Å². The highest BCUT2D eigenvalue weighted by atomic mass is 32.1. The highest BCUT2D eigenvalue weighted by Crippen LogP contribution is 2.24. The van der Waals surface area contributed by atoms with Crippen LogP contribution < -0.4 is 4.87 Å². The van der Waals surface area contributed by atoms with Crippen LogP contribution in [0.15, 0.2) is 58.7 Å². The van der Waals surface area contributed by atoms with E-state index in [1.807, 2.05) is 28.1 Å². The number of hydrogen-bond donors (Lipinski definition) is 0. The molecule has 0 aliphatic carbocycles. The summed E-state index contributed by atoms with van der Waals surface area (Å²) in [5, 5.41) is 1.96. The highest BCUT2D eigenvalue weighted by molar-refractivity contribution is 7.07. The largest absolute Gasteiger partial charge is 0.307 e. The lowest BCUT2D eigenvalue weighted by Crippen LogP contribution is -2.15. The standard InChI is InChI=1S/C18H17NOS/c1-13-6-5-8-15(10-13)11-19-17(12-21-18(19)20)16-9-4-3-7-14(16)2/h3-10,12H,11H2,1-2H3. The molecule has 2 aromatic carbocycles. The molecular formula is C18H17NOS. The molecule has 0 saturated heterocycles. The normalized spacial score (nSPS) is 10.8. The number of aryl methyl sites for hydroxylation is 2. The van der Waals surface area contributed by atoms with Gasteiger partial charge in [0.05, 0.1) is 12.2 Å². The Bertz CT molecular complexity index is 829. The molecule has 0 spiro atoms. The Morgan fingerprint density at radius 2 is 1.86 bits per heavy atom. The zero-order valence-corrected chi connectivity index (χ0v) is 13.0. The minimum Gasteiger partial charge on any atom is -0.294 e. The predicted octanol–water partition coefficient (Wildman–Crippen LogP) is 4.24. The number of thiazole rings is 1. The molecule has 2 nitrogen and oxygen atoms in total. The first-order valence-corrected chi connectivity index (χ1v) is 7.83. The van der Waals surface area contributed by atoms with Crippen LogP contribution in [0.3, 0.4) is 0 Å². The predicted molar refractivity (Wildman–Crippen MR) is 89.0 cm³/mol. The second-order valence-corrected chi connectivity index (χ2v) is 6.10. The number of benzene rings is 2. The Morgan fingerprint density at radius 3 is 2.62 bits per heavy atom. The lowest BCUT2D eigenvalue weighted by Gasteiger charge is -2.10.